The molecule has 0 bridgehead atoms. The molecule has 0 spiro atoms. The largest absolute Gasteiger partial charge is 0.489 e. The Morgan fingerprint density at radius 2 is 1.89 bits per heavy atom. The van der Waals surface area contributed by atoms with Crippen LogP contribution in [-0.2, 0) is 21.7 Å². The highest BCUT2D eigenvalue weighted by Gasteiger charge is 2.82. The van der Waals surface area contributed by atoms with Crippen molar-refractivity contribution in [1.29, 1.82) is 0 Å². The predicted octanol–water partition coefficient (Wildman–Crippen LogP) is 4.91. The fourth-order valence-electron chi connectivity index (χ4n) is 5.74. The van der Waals surface area contributed by atoms with Gasteiger partial charge < -0.3 is 14.2 Å². The van der Waals surface area contributed by atoms with Gasteiger partial charge in [0.2, 0.25) is 0 Å². The number of amides is 1. The standard InChI is InChI=1S/C29H22N2O7/c1-2-25-28-16-8-13-26(32)29(28,38-28)22-17-21(36-18-19-9-6-7-12-23(19)31(34)35)14-15-24(22)30(25)27(33)37-20-10-4-3-5-11-20/h1,3-7,9-12,14-15,17,25H,8,13,16,18H2/t25-,28-,29-/m0/s1. The van der Waals surface area contributed by atoms with Gasteiger partial charge in [0.25, 0.3) is 5.69 Å². The minimum atomic E-state index is -1.28. The van der Waals surface area contributed by atoms with Crippen LogP contribution in [0.1, 0.15) is 30.4 Å². The van der Waals surface area contributed by atoms with E-state index in [1.165, 1.54) is 11.0 Å². The van der Waals surface area contributed by atoms with Gasteiger partial charge in [-0.1, -0.05) is 36.3 Å². The molecule has 2 heterocycles. The fourth-order valence-corrected chi connectivity index (χ4v) is 5.74. The lowest BCUT2D eigenvalue weighted by Gasteiger charge is -2.40. The molecule has 6 rings (SSSR count). The summed E-state index contributed by atoms with van der Waals surface area (Å²) in [5.74, 6) is 3.31. The number of carbonyl (C=O) groups excluding carboxylic acids is 2. The van der Waals surface area contributed by atoms with E-state index in [4.69, 9.17) is 20.6 Å². The first-order valence-corrected chi connectivity index (χ1v) is 12.2. The van der Waals surface area contributed by atoms with Gasteiger partial charge in [-0.15, -0.1) is 6.42 Å². The van der Waals surface area contributed by atoms with Gasteiger partial charge in [-0.3, -0.25) is 19.8 Å². The maximum atomic E-state index is 13.5. The van der Waals surface area contributed by atoms with Crippen molar-refractivity contribution in [2.75, 3.05) is 4.90 Å². The molecule has 2 fully saturated rings. The number of hydrogen-bond donors (Lipinski definition) is 0. The fraction of sp³-hybridized carbons (Fsp3) is 0.241. The number of hydrogen-bond acceptors (Lipinski definition) is 7. The summed E-state index contributed by atoms with van der Waals surface area (Å²) in [5.41, 5.74) is -1.12. The molecule has 3 aromatic carbocycles. The third kappa shape index (κ3) is 3.38. The second kappa shape index (κ2) is 8.71. The lowest BCUT2D eigenvalue weighted by atomic mass is 9.68. The van der Waals surface area contributed by atoms with Crippen molar-refractivity contribution in [3.05, 3.63) is 94.0 Å². The molecule has 3 aromatic rings. The molecule has 1 amide bonds. The molecular formula is C29H22N2O7. The van der Waals surface area contributed by atoms with Gasteiger partial charge in [-0.25, -0.2) is 4.79 Å². The second-order valence-electron chi connectivity index (χ2n) is 9.42. The predicted molar refractivity (Wildman–Crippen MR) is 136 cm³/mol. The van der Waals surface area contributed by atoms with Gasteiger partial charge in [0.1, 0.15) is 29.7 Å². The zero-order valence-electron chi connectivity index (χ0n) is 20.2. The maximum absolute atomic E-state index is 13.5. The molecular weight excluding hydrogens is 488 g/mol. The summed E-state index contributed by atoms with van der Waals surface area (Å²) in [4.78, 5) is 39.1. The molecule has 3 atom stereocenters. The van der Waals surface area contributed by atoms with E-state index >= 15 is 0 Å². The van der Waals surface area contributed by atoms with Crippen LogP contribution in [0.25, 0.3) is 0 Å². The quantitative estimate of drug-likeness (QED) is 0.207. The van der Waals surface area contributed by atoms with Crippen molar-refractivity contribution < 1.29 is 28.7 Å². The lowest BCUT2D eigenvalue weighted by Crippen LogP contribution is -2.58. The van der Waals surface area contributed by atoms with E-state index in [0.717, 1.165) is 0 Å². The number of carbonyl (C=O) groups is 2. The van der Waals surface area contributed by atoms with Crippen molar-refractivity contribution >= 4 is 23.3 Å². The summed E-state index contributed by atoms with van der Waals surface area (Å²) in [6.45, 7) is -0.0599. The van der Waals surface area contributed by atoms with Gasteiger partial charge in [0, 0.05) is 18.1 Å². The molecule has 0 N–H and O–H groups in total. The third-order valence-corrected chi connectivity index (χ3v) is 7.43. The van der Waals surface area contributed by atoms with E-state index in [1.54, 1.807) is 60.7 Å². The van der Waals surface area contributed by atoms with E-state index in [2.05, 4.69) is 5.92 Å². The van der Waals surface area contributed by atoms with E-state index in [0.29, 0.717) is 47.6 Å². The molecule has 1 saturated carbocycles. The highest BCUT2D eigenvalue weighted by molar-refractivity contribution is 6.02. The molecule has 190 valence electrons. The average Bonchev–Trinajstić information content (AvgIpc) is 3.65. The van der Waals surface area contributed by atoms with Crippen molar-refractivity contribution in [2.24, 2.45) is 0 Å². The Kier molecular flexibility index (Phi) is 5.44. The first-order valence-electron chi connectivity index (χ1n) is 12.2. The number of anilines is 1. The van der Waals surface area contributed by atoms with Gasteiger partial charge in [0.15, 0.2) is 11.4 Å². The van der Waals surface area contributed by atoms with Gasteiger partial charge >= 0.3 is 6.09 Å². The van der Waals surface area contributed by atoms with E-state index in [-0.39, 0.29) is 18.1 Å². The van der Waals surface area contributed by atoms with Crippen LogP contribution >= 0.6 is 0 Å². The summed E-state index contributed by atoms with van der Waals surface area (Å²) in [7, 11) is 0. The zero-order valence-corrected chi connectivity index (χ0v) is 20.2. The first-order chi connectivity index (χ1) is 18.4. The Morgan fingerprint density at radius 3 is 2.66 bits per heavy atom. The third-order valence-electron chi connectivity index (χ3n) is 7.43. The Hall–Kier alpha value is -4.68. The number of Topliss-reactive ketones (excluding diaryl/α,β-unsaturated/α-hetero) is 1. The summed E-state index contributed by atoms with van der Waals surface area (Å²) in [6.07, 6.45) is 6.68. The molecule has 9 nitrogen and oxygen atoms in total. The number of nitro groups is 1. The first kappa shape index (κ1) is 23.7. The molecule has 1 aliphatic carbocycles. The van der Waals surface area contributed by atoms with Gasteiger partial charge in [-0.2, -0.15) is 0 Å². The van der Waals surface area contributed by atoms with E-state index in [1.807, 2.05) is 6.07 Å². The van der Waals surface area contributed by atoms with Gasteiger partial charge in [0.05, 0.1) is 16.2 Å². The number of ketones is 1. The van der Waals surface area contributed by atoms with Crippen LogP contribution in [0, 0.1) is 22.5 Å². The highest BCUT2D eigenvalue weighted by atomic mass is 16.6. The number of nitrogens with zero attached hydrogens (tertiary/aromatic N) is 2. The minimum Gasteiger partial charge on any atom is -0.489 e. The second-order valence-corrected chi connectivity index (χ2v) is 9.42. The highest BCUT2D eigenvalue weighted by Crippen LogP contribution is 2.69. The SMILES string of the molecule is C#C[C@@H]1N(C(=O)Oc2ccccc2)c2ccc(OCc3ccccc3[N+](=O)[O-])cc2[C@@]23O[C@@]12CCCC3=O. The summed E-state index contributed by atoms with van der Waals surface area (Å²) in [5, 5.41) is 11.4. The van der Waals surface area contributed by atoms with Crippen molar-refractivity contribution in [3.8, 4) is 23.8 Å². The smallest absolute Gasteiger partial charge is 0.420 e. The van der Waals surface area contributed by atoms with Crippen molar-refractivity contribution in [1.82, 2.24) is 0 Å². The monoisotopic (exact) mass is 510 g/mol. The molecule has 0 unspecified atom stereocenters. The number of para-hydroxylation sites is 2. The topological polar surface area (TPSA) is 112 Å². The lowest BCUT2D eigenvalue weighted by molar-refractivity contribution is -0.385. The Morgan fingerprint density at radius 1 is 1.13 bits per heavy atom. The minimum absolute atomic E-state index is 0.0530. The van der Waals surface area contributed by atoms with Crippen LogP contribution in [-0.4, -0.2) is 28.4 Å². The number of terminal acetylenes is 1. The van der Waals surface area contributed by atoms with Crippen LogP contribution in [0.15, 0.2) is 72.8 Å². The molecule has 2 aliphatic heterocycles. The van der Waals surface area contributed by atoms with Crippen molar-refractivity contribution in [3.63, 3.8) is 0 Å². The number of benzene rings is 3. The Bertz CT molecular complexity index is 1510. The van der Waals surface area contributed by atoms with E-state index < -0.39 is 28.3 Å². The summed E-state index contributed by atoms with van der Waals surface area (Å²) < 4.78 is 17.8. The van der Waals surface area contributed by atoms with Crippen LogP contribution in [0.3, 0.4) is 0 Å². The van der Waals surface area contributed by atoms with Crippen LogP contribution in [0.2, 0.25) is 0 Å². The molecule has 38 heavy (non-hydrogen) atoms. The molecule has 0 radical (unpaired) electrons. The number of ether oxygens (including phenoxy) is 3. The molecule has 1 saturated heterocycles. The van der Waals surface area contributed by atoms with Crippen LogP contribution < -0.4 is 14.4 Å². The molecule has 3 aliphatic rings. The Balaban J connectivity index is 1.40. The van der Waals surface area contributed by atoms with Crippen LogP contribution in [0.4, 0.5) is 16.2 Å². The summed E-state index contributed by atoms with van der Waals surface area (Å²) >= 11 is 0. The number of epoxide rings is 1. The number of nitro benzene ring substituents is 1. The normalized spacial score (nSPS) is 24.8. The molecule has 0 aromatic heterocycles. The molecule has 9 heteroatoms. The van der Waals surface area contributed by atoms with Crippen molar-refractivity contribution in [2.45, 2.75) is 43.1 Å². The van der Waals surface area contributed by atoms with E-state index in [9.17, 15) is 19.7 Å². The maximum Gasteiger partial charge on any atom is 0.420 e. The number of rotatable bonds is 5. The van der Waals surface area contributed by atoms with Crippen LogP contribution in [0.5, 0.6) is 11.5 Å². The Labute approximate surface area is 218 Å². The number of fused-ring (bicyclic) bond motifs is 1. The zero-order chi connectivity index (χ0) is 26.5. The van der Waals surface area contributed by atoms with Gasteiger partial charge in [-0.05, 0) is 49.2 Å². The summed E-state index contributed by atoms with van der Waals surface area (Å²) in [6, 6.07) is 19.0. The average molecular weight is 511 g/mol.